The maximum atomic E-state index is 12.7. The first kappa shape index (κ1) is 23.7. The summed E-state index contributed by atoms with van der Waals surface area (Å²) in [7, 11) is 6.29. The molecule has 0 saturated heterocycles. The Bertz CT molecular complexity index is 1110. The second-order valence-corrected chi connectivity index (χ2v) is 7.10. The van der Waals surface area contributed by atoms with E-state index in [4.69, 9.17) is 18.9 Å². The fraction of sp³-hybridized carbons (Fsp3) is 0.231. The molecule has 33 heavy (non-hydrogen) atoms. The molecule has 0 atom stereocenters. The van der Waals surface area contributed by atoms with Crippen molar-refractivity contribution in [2.75, 3.05) is 33.8 Å². The van der Waals surface area contributed by atoms with Gasteiger partial charge in [0.25, 0.3) is 5.91 Å². The van der Waals surface area contributed by atoms with E-state index in [0.29, 0.717) is 34.2 Å². The van der Waals surface area contributed by atoms with E-state index in [1.807, 2.05) is 55.5 Å². The van der Waals surface area contributed by atoms with Crippen molar-refractivity contribution >= 4 is 23.7 Å². The summed E-state index contributed by atoms with van der Waals surface area (Å²) in [4.78, 5) is 17.0. The third-order valence-electron chi connectivity index (χ3n) is 5.08. The van der Waals surface area contributed by atoms with Gasteiger partial charge in [0.1, 0.15) is 5.75 Å². The van der Waals surface area contributed by atoms with Gasteiger partial charge in [0.2, 0.25) is 5.75 Å². The summed E-state index contributed by atoms with van der Waals surface area (Å²) in [5, 5.41) is 2.91. The molecule has 3 aromatic rings. The lowest BCUT2D eigenvalue weighted by Gasteiger charge is -2.13. The van der Waals surface area contributed by atoms with Crippen LogP contribution < -0.4 is 24.3 Å². The SMILES string of the molecule is CCc1ccc(C(=O)Nc2cc(/C=C\c3cc(OC)c(OC)c(OC)c3)ccc2OC)cn1. The molecule has 0 fully saturated rings. The molecule has 0 bridgehead atoms. The number of pyridine rings is 1. The number of carbonyl (C=O) groups is 1. The van der Waals surface area contributed by atoms with Gasteiger partial charge in [0.05, 0.1) is 39.7 Å². The Hall–Kier alpha value is -4.00. The molecule has 0 radical (unpaired) electrons. The molecule has 1 heterocycles. The molecule has 172 valence electrons. The van der Waals surface area contributed by atoms with Crippen LogP contribution in [0.25, 0.3) is 12.2 Å². The van der Waals surface area contributed by atoms with Gasteiger partial charge in [-0.2, -0.15) is 0 Å². The summed E-state index contributed by atoms with van der Waals surface area (Å²) in [5.74, 6) is 1.98. The lowest BCUT2D eigenvalue weighted by atomic mass is 10.1. The van der Waals surface area contributed by atoms with Gasteiger partial charge >= 0.3 is 0 Å². The summed E-state index contributed by atoms with van der Waals surface area (Å²) in [6, 6.07) is 12.9. The lowest BCUT2D eigenvalue weighted by Crippen LogP contribution is -2.13. The molecule has 2 aromatic carbocycles. The predicted molar refractivity (Wildman–Crippen MR) is 130 cm³/mol. The molecule has 1 aromatic heterocycles. The summed E-state index contributed by atoms with van der Waals surface area (Å²) >= 11 is 0. The number of aryl methyl sites for hydroxylation is 1. The second kappa shape index (κ2) is 11.0. The minimum atomic E-state index is -0.255. The Kier molecular flexibility index (Phi) is 7.91. The number of hydrogen-bond donors (Lipinski definition) is 1. The third-order valence-corrected chi connectivity index (χ3v) is 5.08. The maximum Gasteiger partial charge on any atom is 0.257 e. The molecule has 1 N–H and O–H groups in total. The van der Waals surface area contributed by atoms with Crippen molar-refractivity contribution in [3.05, 3.63) is 71.0 Å². The first-order valence-electron chi connectivity index (χ1n) is 10.4. The molecule has 0 unspecified atom stereocenters. The highest BCUT2D eigenvalue weighted by Crippen LogP contribution is 2.38. The average molecular weight is 449 g/mol. The van der Waals surface area contributed by atoms with Crippen molar-refractivity contribution < 1.29 is 23.7 Å². The minimum Gasteiger partial charge on any atom is -0.495 e. The molecule has 0 spiro atoms. The quantitative estimate of drug-likeness (QED) is 0.459. The molecule has 0 saturated carbocycles. The van der Waals surface area contributed by atoms with Crippen molar-refractivity contribution in [2.24, 2.45) is 0 Å². The van der Waals surface area contributed by atoms with Gasteiger partial charge in [0, 0.05) is 11.9 Å². The highest BCUT2D eigenvalue weighted by atomic mass is 16.5. The van der Waals surface area contributed by atoms with Gasteiger partial charge in [-0.3, -0.25) is 9.78 Å². The van der Waals surface area contributed by atoms with Gasteiger partial charge < -0.3 is 24.3 Å². The molecule has 0 aliphatic heterocycles. The van der Waals surface area contributed by atoms with Crippen molar-refractivity contribution in [1.82, 2.24) is 4.98 Å². The predicted octanol–water partition coefficient (Wildman–Crippen LogP) is 5.10. The van der Waals surface area contributed by atoms with E-state index in [1.54, 1.807) is 40.7 Å². The Morgan fingerprint density at radius 1 is 0.848 bits per heavy atom. The smallest absolute Gasteiger partial charge is 0.257 e. The van der Waals surface area contributed by atoms with E-state index in [1.165, 1.54) is 0 Å². The van der Waals surface area contributed by atoms with Gasteiger partial charge in [-0.1, -0.05) is 25.1 Å². The van der Waals surface area contributed by atoms with E-state index in [-0.39, 0.29) is 5.91 Å². The molecule has 0 aliphatic carbocycles. The van der Waals surface area contributed by atoms with Gasteiger partial charge in [-0.05, 0) is 53.9 Å². The number of nitrogens with zero attached hydrogens (tertiary/aromatic N) is 1. The zero-order chi connectivity index (χ0) is 23.8. The third kappa shape index (κ3) is 5.63. The second-order valence-electron chi connectivity index (χ2n) is 7.10. The maximum absolute atomic E-state index is 12.7. The summed E-state index contributed by atoms with van der Waals surface area (Å²) in [6.07, 6.45) is 6.24. The number of anilines is 1. The Balaban J connectivity index is 1.86. The number of rotatable bonds is 9. The number of amides is 1. The number of nitrogens with one attached hydrogen (secondary N) is 1. The van der Waals surface area contributed by atoms with Crippen LogP contribution in [0.2, 0.25) is 0 Å². The number of ether oxygens (including phenoxy) is 4. The normalized spacial score (nSPS) is 10.7. The van der Waals surface area contributed by atoms with Crippen molar-refractivity contribution in [2.45, 2.75) is 13.3 Å². The van der Waals surface area contributed by atoms with E-state index in [9.17, 15) is 4.79 Å². The molecule has 7 heteroatoms. The molecule has 1 amide bonds. The topological polar surface area (TPSA) is 78.9 Å². The highest BCUT2D eigenvalue weighted by Gasteiger charge is 2.13. The van der Waals surface area contributed by atoms with Gasteiger partial charge in [-0.15, -0.1) is 0 Å². The Morgan fingerprint density at radius 3 is 2.06 bits per heavy atom. The van der Waals surface area contributed by atoms with Crippen molar-refractivity contribution in [3.8, 4) is 23.0 Å². The van der Waals surface area contributed by atoms with Crippen LogP contribution in [-0.2, 0) is 6.42 Å². The summed E-state index contributed by atoms with van der Waals surface area (Å²) in [6.45, 7) is 2.02. The van der Waals surface area contributed by atoms with E-state index >= 15 is 0 Å². The van der Waals surface area contributed by atoms with Crippen LogP contribution in [0.4, 0.5) is 5.69 Å². The summed E-state index contributed by atoms with van der Waals surface area (Å²) in [5.41, 5.74) is 3.72. The van der Waals surface area contributed by atoms with Gasteiger partial charge in [0.15, 0.2) is 11.5 Å². The van der Waals surface area contributed by atoms with E-state index < -0.39 is 0 Å². The van der Waals surface area contributed by atoms with Crippen LogP contribution in [0, 0.1) is 0 Å². The van der Waals surface area contributed by atoms with Crippen LogP contribution in [-0.4, -0.2) is 39.3 Å². The number of carbonyl (C=O) groups excluding carboxylic acids is 1. The van der Waals surface area contributed by atoms with Crippen LogP contribution in [0.3, 0.4) is 0 Å². The Morgan fingerprint density at radius 2 is 1.52 bits per heavy atom. The number of aromatic nitrogens is 1. The molecular weight excluding hydrogens is 420 g/mol. The standard InChI is InChI=1S/C26H28N2O5/c1-6-20-11-10-19(16-27-20)26(29)28-21-13-17(9-12-22(21)30-2)7-8-18-14-23(31-3)25(33-5)24(15-18)32-4/h7-16H,6H2,1-5H3,(H,28,29)/b8-7-. The van der Waals surface area contributed by atoms with Crippen LogP contribution in [0.5, 0.6) is 23.0 Å². The molecule has 7 nitrogen and oxygen atoms in total. The van der Waals surface area contributed by atoms with E-state index in [2.05, 4.69) is 10.3 Å². The number of methoxy groups -OCH3 is 4. The minimum absolute atomic E-state index is 0.255. The van der Waals surface area contributed by atoms with Crippen LogP contribution in [0.1, 0.15) is 34.1 Å². The lowest BCUT2D eigenvalue weighted by molar-refractivity contribution is 0.102. The zero-order valence-electron chi connectivity index (χ0n) is 19.5. The fourth-order valence-electron chi connectivity index (χ4n) is 3.28. The molecule has 0 aliphatic rings. The van der Waals surface area contributed by atoms with Gasteiger partial charge in [-0.25, -0.2) is 0 Å². The fourth-order valence-corrected chi connectivity index (χ4v) is 3.28. The summed E-state index contributed by atoms with van der Waals surface area (Å²) < 4.78 is 21.6. The first-order chi connectivity index (χ1) is 16.0. The zero-order valence-corrected chi connectivity index (χ0v) is 19.5. The van der Waals surface area contributed by atoms with Crippen LogP contribution >= 0.6 is 0 Å². The highest BCUT2D eigenvalue weighted by molar-refractivity contribution is 6.05. The molecule has 3 rings (SSSR count). The number of benzene rings is 2. The largest absolute Gasteiger partial charge is 0.495 e. The number of hydrogen-bond acceptors (Lipinski definition) is 6. The van der Waals surface area contributed by atoms with Crippen molar-refractivity contribution in [3.63, 3.8) is 0 Å². The Labute approximate surface area is 194 Å². The average Bonchev–Trinajstić information content (AvgIpc) is 2.86. The van der Waals surface area contributed by atoms with E-state index in [0.717, 1.165) is 23.2 Å². The molecular formula is C26H28N2O5. The first-order valence-corrected chi connectivity index (χ1v) is 10.4. The monoisotopic (exact) mass is 448 g/mol. The van der Waals surface area contributed by atoms with Crippen molar-refractivity contribution in [1.29, 1.82) is 0 Å². The van der Waals surface area contributed by atoms with Crippen LogP contribution in [0.15, 0.2) is 48.7 Å².